The van der Waals surface area contributed by atoms with E-state index < -0.39 is 45.1 Å². The Kier molecular flexibility index (Phi) is 2.02. The van der Waals surface area contributed by atoms with Gasteiger partial charge in [0.15, 0.2) is 0 Å². The van der Waals surface area contributed by atoms with E-state index >= 15 is 0 Å². The number of hydrogen-bond acceptors (Lipinski definition) is 5. The van der Waals surface area contributed by atoms with Crippen molar-refractivity contribution in [3.8, 4) is 0 Å². The van der Waals surface area contributed by atoms with Crippen LogP contribution in [0.15, 0.2) is 0 Å². The van der Waals surface area contributed by atoms with Crippen LogP contribution < -0.4 is 0 Å². The summed E-state index contributed by atoms with van der Waals surface area (Å²) in [5.74, 6) is -3.05. The Morgan fingerprint density at radius 2 is 1.82 bits per heavy atom. The fraction of sp³-hybridized carbons (Fsp3) is 0.800. The summed E-state index contributed by atoms with van der Waals surface area (Å²) in [6, 6.07) is 0. The third kappa shape index (κ3) is 1.26. The molecule has 6 atom stereocenters. The second kappa shape index (κ2) is 3.08. The van der Waals surface area contributed by atoms with E-state index in [4.69, 9.17) is 4.55 Å². The van der Waals surface area contributed by atoms with Gasteiger partial charge in [-0.2, -0.15) is 8.42 Å². The van der Waals surface area contributed by atoms with Crippen molar-refractivity contribution in [1.82, 2.24) is 0 Å². The van der Waals surface area contributed by atoms with E-state index in [1.54, 1.807) is 0 Å². The largest absolute Gasteiger partial charge is 0.393 e. The van der Waals surface area contributed by atoms with Crippen LogP contribution in [0, 0.1) is 29.6 Å². The fourth-order valence-corrected chi connectivity index (χ4v) is 5.26. The first-order chi connectivity index (χ1) is 7.82. The lowest BCUT2D eigenvalue weighted by molar-refractivity contribution is -0.155. The summed E-state index contributed by atoms with van der Waals surface area (Å²) in [7, 11) is -4.16. The number of hydrogen-bond donors (Lipinski definition) is 1. The van der Waals surface area contributed by atoms with Crippen LogP contribution in [0.2, 0.25) is 0 Å². The standard InChI is InChI=1S/C10H12O6S/c1-3-4-2-5(17(13,14)15)6(3)8-7(4)9(11)16-10(8)12/h3-8H,2H2,1H3,(H,13,14,15). The van der Waals surface area contributed by atoms with Gasteiger partial charge in [0.2, 0.25) is 0 Å². The highest BCUT2D eigenvalue weighted by atomic mass is 32.2. The monoisotopic (exact) mass is 260 g/mol. The van der Waals surface area contributed by atoms with Crippen molar-refractivity contribution in [2.75, 3.05) is 0 Å². The minimum absolute atomic E-state index is 0.0475. The van der Waals surface area contributed by atoms with Gasteiger partial charge in [0.05, 0.1) is 17.1 Å². The third-order valence-electron chi connectivity index (χ3n) is 4.61. The molecule has 0 amide bonds. The molecule has 6 unspecified atom stereocenters. The molecule has 2 bridgehead atoms. The maximum absolute atomic E-state index is 11.6. The molecule has 1 N–H and O–H groups in total. The number of carbonyl (C=O) groups is 2. The van der Waals surface area contributed by atoms with Crippen LogP contribution in [0.1, 0.15) is 13.3 Å². The highest BCUT2D eigenvalue weighted by molar-refractivity contribution is 7.86. The molecule has 1 aliphatic heterocycles. The lowest BCUT2D eigenvalue weighted by Gasteiger charge is -2.25. The number of ether oxygens (including phenoxy) is 1. The number of carbonyl (C=O) groups excluding carboxylic acids is 2. The van der Waals surface area contributed by atoms with E-state index in [2.05, 4.69) is 4.74 Å². The lowest BCUT2D eigenvalue weighted by Crippen LogP contribution is -2.37. The summed E-state index contributed by atoms with van der Waals surface area (Å²) < 4.78 is 36.3. The molecule has 1 heterocycles. The van der Waals surface area contributed by atoms with Gasteiger partial charge >= 0.3 is 11.9 Å². The molecule has 3 fully saturated rings. The van der Waals surface area contributed by atoms with Gasteiger partial charge in [-0.1, -0.05) is 6.92 Å². The molecule has 0 aromatic heterocycles. The summed E-state index contributed by atoms with van der Waals surface area (Å²) >= 11 is 0. The van der Waals surface area contributed by atoms with Crippen LogP contribution in [0.25, 0.3) is 0 Å². The molecule has 7 heteroatoms. The Bertz CT molecular complexity index is 509. The summed E-state index contributed by atoms with van der Waals surface area (Å²) in [5, 5.41) is -0.929. The van der Waals surface area contributed by atoms with Crippen LogP contribution in [0.5, 0.6) is 0 Å². The van der Waals surface area contributed by atoms with Crippen molar-refractivity contribution < 1.29 is 27.3 Å². The Balaban J connectivity index is 2.04. The average Bonchev–Trinajstić information content (AvgIpc) is 2.77. The highest BCUT2D eigenvalue weighted by Gasteiger charge is 2.68. The molecule has 0 aromatic carbocycles. The van der Waals surface area contributed by atoms with Gasteiger partial charge < -0.3 is 4.74 Å². The third-order valence-corrected chi connectivity index (χ3v) is 5.88. The quantitative estimate of drug-likeness (QED) is 0.400. The average molecular weight is 260 g/mol. The molecule has 0 spiro atoms. The zero-order valence-electron chi connectivity index (χ0n) is 9.07. The van der Waals surface area contributed by atoms with E-state index in [9.17, 15) is 18.0 Å². The first kappa shape index (κ1) is 11.2. The SMILES string of the molecule is CC1C2CC(S(=O)(=O)O)C1C1C(=O)OC(=O)C21. The van der Waals surface area contributed by atoms with E-state index in [0.717, 1.165) is 0 Å². The molecule has 0 radical (unpaired) electrons. The van der Waals surface area contributed by atoms with Crippen LogP contribution >= 0.6 is 0 Å². The van der Waals surface area contributed by atoms with Gasteiger partial charge in [0.25, 0.3) is 10.1 Å². The summed E-state index contributed by atoms with van der Waals surface area (Å²) in [5.41, 5.74) is 0. The Labute approximate surface area is 98.1 Å². The van der Waals surface area contributed by atoms with Gasteiger partial charge in [0.1, 0.15) is 0 Å². The first-order valence-electron chi connectivity index (χ1n) is 5.54. The van der Waals surface area contributed by atoms with E-state index in [1.807, 2.05) is 6.92 Å². The fourth-order valence-electron chi connectivity index (χ4n) is 3.98. The highest BCUT2D eigenvalue weighted by Crippen LogP contribution is 2.60. The normalized spacial score (nSPS) is 48.4. The lowest BCUT2D eigenvalue weighted by atomic mass is 9.81. The van der Waals surface area contributed by atoms with E-state index in [0.29, 0.717) is 0 Å². The molecule has 3 rings (SSSR count). The Morgan fingerprint density at radius 1 is 1.24 bits per heavy atom. The maximum atomic E-state index is 11.6. The number of fused-ring (bicyclic) bond motifs is 5. The van der Waals surface area contributed by atoms with Crippen LogP contribution in [0.4, 0.5) is 0 Å². The smallest absolute Gasteiger partial charge is 0.317 e. The first-order valence-corrected chi connectivity index (χ1v) is 7.04. The summed E-state index contributed by atoms with van der Waals surface area (Å²) in [6.45, 7) is 1.83. The number of esters is 2. The maximum Gasteiger partial charge on any atom is 0.317 e. The van der Waals surface area contributed by atoms with Crippen molar-refractivity contribution in [2.45, 2.75) is 18.6 Å². The number of cyclic esters (lactones) is 2. The van der Waals surface area contributed by atoms with Gasteiger partial charge in [-0.05, 0) is 24.2 Å². The molecular formula is C10H12O6S. The Hall–Kier alpha value is -0.950. The van der Waals surface area contributed by atoms with Gasteiger partial charge in [-0.3, -0.25) is 14.1 Å². The van der Waals surface area contributed by atoms with Crippen molar-refractivity contribution in [1.29, 1.82) is 0 Å². The molecule has 17 heavy (non-hydrogen) atoms. The molecule has 6 nitrogen and oxygen atoms in total. The van der Waals surface area contributed by atoms with Crippen molar-refractivity contribution in [2.24, 2.45) is 29.6 Å². The molecule has 2 saturated carbocycles. The topological polar surface area (TPSA) is 97.7 Å². The van der Waals surface area contributed by atoms with Gasteiger partial charge in [-0.15, -0.1) is 0 Å². The van der Waals surface area contributed by atoms with Crippen molar-refractivity contribution in [3.63, 3.8) is 0 Å². The Morgan fingerprint density at radius 3 is 2.41 bits per heavy atom. The molecule has 94 valence electrons. The zero-order valence-corrected chi connectivity index (χ0v) is 9.88. The summed E-state index contributed by atoms with van der Waals surface area (Å²) in [6.07, 6.45) is 0.244. The molecule has 3 aliphatic rings. The van der Waals surface area contributed by atoms with Crippen LogP contribution in [-0.2, 0) is 24.4 Å². The molecule has 0 aromatic rings. The second-order valence-electron chi connectivity index (χ2n) is 5.18. The number of rotatable bonds is 1. The van der Waals surface area contributed by atoms with Crippen molar-refractivity contribution in [3.05, 3.63) is 0 Å². The van der Waals surface area contributed by atoms with Crippen LogP contribution in [0.3, 0.4) is 0 Å². The van der Waals surface area contributed by atoms with Crippen molar-refractivity contribution >= 4 is 22.1 Å². The molecule has 2 aliphatic carbocycles. The van der Waals surface area contributed by atoms with E-state index in [1.165, 1.54) is 0 Å². The van der Waals surface area contributed by atoms with E-state index in [-0.39, 0.29) is 18.3 Å². The second-order valence-corrected chi connectivity index (χ2v) is 6.82. The van der Waals surface area contributed by atoms with Gasteiger partial charge in [0, 0.05) is 0 Å². The van der Waals surface area contributed by atoms with Crippen LogP contribution in [-0.4, -0.2) is 30.2 Å². The zero-order chi connectivity index (χ0) is 12.5. The minimum Gasteiger partial charge on any atom is -0.393 e. The summed E-state index contributed by atoms with van der Waals surface area (Å²) in [4.78, 5) is 23.1. The molecular weight excluding hydrogens is 248 g/mol. The predicted octanol–water partition coefficient (Wildman–Crippen LogP) is -0.156. The predicted molar refractivity (Wildman–Crippen MR) is 54.2 cm³/mol. The molecule has 1 saturated heterocycles. The van der Waals surface area contributed by atoms with Gasteiger partial charge in [-0.25, -0.2) is 0 Å². The minimum atomic E-state index is -4.16.